The largest absolute Gasteiger partial charge is 0.487 e. The molecule has 1 spiro atoms. The lowest BCUT2D eigenvalue weighted by atomic mass is 9.58. The highest BCUT2D eigenvalue weighted by atomic mass is 19.1. The van der Waals surface area contributed by atoms with E-state index in [0.717, 1.165) is 37.5 Å². The molecular formula is C17H23F2NO. The minimum absolute atomic E-state index is 0.00986. The first-order valence-corrected chi connectivity index (χ1v) is 7.95. The van der Waals surface area contributed by atoms with Crippen LogP contribution < -0.4 is 10.1 Å². The van der Waals surface area contributed by atoms with Gasteiger partial charge in [-0.1, -0.05) is 25.7 Å². The zero-order valence-corrected chi connectivity index (χ0v) is 12.5. The molecule has 0 radical (unpaired) electrons. The summed E-state index contributed by atoms with van der Waals surface area (Å²) in [5, 5.41) is 3.38. The van der Waals surface area contributed by atoms with Crippen LogP contribution in [-0.4, -0.2) is 19.2 Å². The van der Waals surface area contributed by atoms with Crippen LogP contribution >= 0.6 is 0 Å². The van der Waals surface area contributed by atoms with Gasteiger partial charge in [0.25, 0.3) is 0 Å². The molecular weight excluding hydrogens is 272 g/mol. The normalized spacial score (nSPS) is 28.0. The number of rotatable bonds is 3. The SMILES string of the molecule is CNC1CC(Oc2cc(F)ccc2F)C12CCCCCC2. The van der Waals surface area contributed by atoms with Gasteiger partial charge in [-0.25, -0.2) is 8.78 Å². The molecule has 0 bridgehead atoms. The van der Waals surface area contributed by atoms with E-state index in [-0.39, 0.29) is 17.3 Å². The number of halogens is 2. The smallest absolute Gasteiger partial charge is 0.165 e. The van der Waals surface area contributed by atoms with Gasteiger partial charge in [0.05, 0.1) is 0 Å². The Balaban J connectivity index is 1.79. The minimum Gasteiger partial charge on any atom is -0.487 e. The van der Waals surface area contributed by atoms with Crippen LogP contribution in [-0.2, 0) is 0 Å². The fourth-order valence-electron chi connectivity index (χ4n) is 4.10. The van der Waals surface area contributed by atoms with Gasteiger partial charge in [0.2, 0.25) is 0 Å². The third kappa shape index (κ3) is 2.66. The maximum Gasteiger partial charge on any atom is 0.165 e. The van der Waals surface area contributed by atoms with Gasteiger partial charge < -0.3 is 10.1 Å². The Kier molecular flexibility index (Phi) is 4.16. The molecule has 1 N–H and O–H groups in total. The molecule has 2 saturated carbocycles. The molecule has 1 aromatic carbocycles. The van der Waals surface area contributed by atoms with Crippen molar-refractivity contribution in [3.05, 3.63) is 29.8 Å². The molecule has 4 heteroatoms. The molecule has 2 nitrogen and oxygen atoms in total. The molecule has 116 valence electrons. The number of ether oxygens (including phenoxy) is 1. The van der Waals surface area contributed by atoms with E-state index in [0.29, 0.717) is 6.04 Å². The molecule has 0 heterocycles. The second kappa shape index (κ2) is 5.91. The van der Waals surface area contributed by atoms with Crippen molar-refractivity contribution in [1.29, 1.82) is 0 Å². The van der Waals surface area contributed by atoms with Crippen molar-refractivity contribution in [1.82, 2.24) is 5.32 Å². The Bertz CT molecular complexity index is 498. The lowest BCUT2D eigenvalue weighted by molar-refractivity contribution is -0.0896. The summed E-state index contributed by atoms with van der Waals surface area (Å²) in [6.07, 6.45) is 8.00. The van der Waals surface area contributed by atoms with E-state index < -0.39 is 11.6 Å². The molecule has 0 aliphatic heterocycles. The topological polar surface area (TPSA) is 21.3 Å². The Hall–Kier alpha value is -1.16. The third-order valence-corrected chi connectivity index (χ3v) is 5.33. The highest BCUT2D eigenvalue weighted by Crippen LogP contribution is 2.52. The second-order valence-electron chi connectivity index (χ2n) is 6.41. The summed E-state index contributed by atoms with van der Waals surface area (Å²) < 4.78 is 33.0. The van der Waals surface area contributed by atoms with Crippen LogP contribution in [0.3, 0.4) is 0 Å². The summed E-state index contributed by atoms with van der Waals surface area (Å²) >= 11 is 0. The van der Waals surface area contributed by atoms with Crippen molar-refractivity contribution >= 4 is 0 Å². The van der Waals surface area contributed by atoms with Gasteiger partial charge in [-0.05, 0) is 32.0 Å². The summed E-state index contributed by atoms with van der Waals surface area (Å²) in [6, 6.07) is 3.85. The Morgan fingerprint density at radius 2 is 1.86 bits per heavy atom. The third-order valence-electron chi connectivity index (χ3n) is 5.33. The van der Waals surface area contributed by atoms with Gasteiger partial charge in [0, 0.05) is 23.9 Å². The average Bonchev–Trinajstić information content (AvgIpc) is 2.74. The lowest BCUT2D eigenvalue weighted by Crippen LogP contribution is -2.64. The quantitative estimate of drug-likeness (QED) is 0.908. The van der Waals surface area contributed by atoms with E-state index in [2.05, 4.69) is 5.32 Å². The number of hydrogen-bond donors (Lipinski definition) is 1. The van der Waals surface area contributed by atoms with E-state index in [9.17, 15) is 8.78 Å². The van der Waals surface area contributed by atoms with Crippen molar-refractivity contribution < 1.29 is 13.5 Å². The molecule has 0 amide bonds. The second-order valence-corrected chi connectivity index (χ2v) is 6.41. The summed E-state index contributed by atoms with van der Waals surface area (Å²) in [4.78, 5) is 0. The van der Waals surface area contributed by atoms with Crippen LogP contribution in [0.5, 0.6) is 5.75 Å². The number of benzene rings is 1. The Morgan fingerprint density at radius 3 is 2.52 bits per heavy atom. The van der Waals surface area contributed by atoms with Gasteiger partial charge >= 0.3 is 0 Å². The first kappa shape index (κ1) is 14.8. The number of nitrogens with one attached hydrogen (secondary N) is 1. The Morgan fingerprint density at radius 1 is 1.14 bits per heavy atom. The zero-order chi connectivity index (χ0) is 14.9. The van der Waals surface area contributed by atoms with Gasteiger partial charge in [-0.3, -0.25) is 0 Å². The van der Waals surface area contributed by atoms with E-state index in [1.165, 1.54) is 25.7 Å². The fraction of sp³-hybridized carbons (Fsp3) is 0.647. The average molecular weight is 295 g/mol. The van der Waals surface area contributed by atoms with Crippen LogP contribution in [0.1, 0.15) is 44.9 Å². The first-order valence-electron chi connectivity index (χ1n) is 7.95. The maximum absolute atomic E-state index is 13.8. The van der Waals surface area contributed by atoms with Gasteiger partial charge in [0.15, 0.2) is 11.6 Å². The van der Waals surface area contributed by atoms with Crippen LogP contribution in [0.25, 0.3) is 0 Å². The molecule has 2 unspecified atom stereocenters. The van der Waals surface area contributed by atoms with Crippen LogP contribution in [0.15, 0.2) is 18.2 Å². The molecule has 2 atom stereocenters. The highest BCUT2D eigenvalue weighted by molar-refractivity contribution is 5.26. The molecule has 0 saturated heterocycles. The molecule has 2 aliphatic rings. The summed E-state index contributed by atoms with van der Waals surface area (Å²) in [6.45, 7) is 0. The van der Waals surface area contributed by atoms with E-state index in [1.807, 2.05) is 7.05 Å². The van der Waals surface area contributed by atoms with Crippen LogP contribution in [0.4, 0.5) is 8.78 Å². The van der Waals surface area contributed by atoms with Crippen molar-refractivity contribution in [2.24, 2.45) is 5.41 Å². The fourth-order valence-corrected chi connectivity index (χ4v) is 4.10. The van der Waals surface area contributed by atoms with Crippen molar-refractivity contribution in [3.8, 4) is 5.75 Å². The lowest BCUT2D eigenvalue weighted by Gasteiger charge is -2.55. The molecule has 21 heavy (non-hydrogen) atoms. The van der Waals surface area contributed by atoms with Gasteiger partial charge in [-0.15, -0.1) is 0 Å². The van der Waals surface area contributed by atoms with Gasteiger partial charge in [0.1, 0.15) is 11.9 Å². The number of hydrogen-bond acceptors (Lipinski definition) is 2. The standard InChI is InChI=1S/C17H23F2NO/c1-20-15-11-16(17(15)8-4-2-3-5-9-17)21-14-10-12(18)6-7-13(14)19/h6-7,10,15-16,20H,2-5,8-9,11H2,1H3. The van der Waals surface area contributed by atoms with Crippen molar-refractivity contribution in [2.75, 3.05) is 7.05 Å². The maximum atomic E-state index is 13.8. The first-order chi connectivity index (χ1) is 10.2. The van der Waals surface area contributed by atoms with Crippen molar-refractivity contribution in [2.45, 2.75) is 57.1 Å². The molecule has 2 fully saturated rings. The minimum atomic E-state index is -0.479. The van der Waals surface area contributed by atoms with Crippen LogP contribution in [0.2, 0.25) is 0 Å². The molecule has 0 aromatic heterocycles. The van der Waals surface area contributed by atoms with E-state index in [4.69, 9.17) is 4.74 Å². The molecule has 3 rings (SSSR count). The summed E-state index contributed by atoms with van der Waals surface area (Å²) in [7, 11) is 1.98. The van der Waals surface area contributed by atoms with Crippen LogP contribution in [0, 0.1) is 17.0 Å². The summed E-state index contributed by atoms with van der Waals surface area (Å²) in [5.41, 5.74) is 0.0873. The monoisotopic (exact) mass is 295 g/mol. The summed E-state index contributed by atoms with van der Waals surface area (Å²) in [5.74, 6) is -0.878. The molecule has 1 aromatic rings. The van der Waals surface area contributed by atoms with E-state index in [1.54, 1.807) is 0 Å². The predicted molar refractivity (Wildman–Crippen MR) is 78.4 cm³/mol. The van der Waals surface area contributed by atoms with Crippen molar-refractivity contribution in [3.63, 3.8) is 0 Å². The van der Waals surface area contributed by atoms with Gasteiger partial charge in [-0.2, -0.15) is 0 Å². The zero-order valence-electron chi connectivity index (χ0n) is 12.5. The predicted octanol–water partition coefficient (Wildman–Crippen LogP) is 4.04. The highest BCUT2D eigenvalue weighted by Gasteiger charge is 2.55. The van der Waals surface area contributed by atoms with E-state index >= 15 is 0 Å². The Labute approximate surface area is 124 Å². The molecule has 2 aliphatic carbocycles.